The zero-order valence-corrected chi connectivity index (χ0v) is 15.4. The Hall–Kier alpha value is -2.67. The lowest BCUT2D eigenvalue weighted by atomic mass is 9.85. The second-order valence-corrected chi connectivity index (χ2v) is 6.92. The Morgan fingerprint density at radius 3 is 2.37 bits per heavy atom. The number of amides is 3. The van der Waals surface area contributed by atoms with Crippen molar-refractivity contribution < 1.29 is 23.9 Å². The molecule has 1 aromatic carbocycles. The van der Waals surface area contributed by atoms with Gasteiger partial charge in [-0.1, -0.05) is 35.9 Å². The summed E-state index contributed by atoms with van der Waals surface area (Å²) in [5, 5.41) is 2.88. The molecule has 1 aliphatic carbocycles. The van der Waals surface area contributed by atoms with Crippen molar-refractivity contribution in [3.8, 4) is 0 Å². The molecule has 0 unspecified atom stereocenters. The number of halogens is 1. The van der Waals surface area contributed by atoms with Gasteiger partial charge in [0.2, 0.25) is 11.8 Å². The fourth-order valence-electron chi connectivity index (χ4n) is 3.32. The standard InChI is InChI=1S/C19H19ClN2O5/c1-11(22-17(24)12-6-2-3-7-13(12)18(22)25)19(26)27-10-16(23)21-15-9-5-4-8-14(15)20/h2-5,8-9,11-13H,6-7,10H2,1H3,(H,21,23)/t11-,12-,13+/m0/s1. The molecule has 3 amide bonds. The SMILES string of the molecule is C[C@@H](C(=O)OCC(=O)Nc1ccccc1Cl)N1C(=O)[C@H]2CC=CC[C@H]2C1=O. The van der Waals surface area contributed by atoms with Crippen LogP contribution in [0, 0.1) is 11.8 Å². The molecule has 1 aromatic rings. The zero-order chi connectivity index (χ0) is 19.6. The highest BCUT2D eigenvalue weighted by atomic mass is 35.5. The van der Waals surface area contributed by atoms with Gasteiger partial charge in [0.25, 0.3) is 5.91 Å². The maximum Gasteiger partial charge on any atom is 0.329 e. The molecule has 0 aromatic heterocycles. The summed E-state index contributed by atoms with van der Waals surface area (Å²) in [5.74, 6) is -2.93. The average molecular weight is 391 g/mol. The second-order valence-electron chi connectivity index (χ2n) is 6.51. The number of rotatable bonds is 5. The predicted octanol–water partition coefficient (Wildman–Crippen LogP) is 2.16. The molecule has 1 saturated heterocycles. The van der Waals surface area contributed by atoms with Crippen LogP contribution < -0.4 is 5.32 Å². The summed E-state index contributed by atoms with van der Waals surface area (Å²) >= 11 is 5.95. The van der Waals surface area contributed by atoms with Crippen LogP contribution in [-0.2, 0) is 23.9 Å². The van der Waals surface area contributed by atoms with Gasteiger partial charge in [-0.2, -0.15) is 0 Å². The number of esters is 1. The Kier molecular flexibility index (Phi) is 5.60. The molecule has 0 bridgehead atoms. The Morgan fingerprint density at radius 2 is 1.78 bits per heavy atom. The van der Waals surface area contributed by atoms with Crippen LogP contribution in [0.5, 0.6) is 0 Å². The van der Waals surface area contributed by atoms with E-state index in [-0.39, 0.29) is 11.8 Å². The molecule has 3 rings (SSSR count). The van der Waals surface area contributed by atoms with E-state index in [4.69, 9.17) is 16.3 Å². The number of imide groups is 1. The van der Waals surface area contributed by atoms with E-state index in [0.717, 1.165) is 4.90 Å². The van der Waals surface area contributed by atoms with Crippen molar-refractivity contribution in [2.24, 2.45) is 11.8 Å². The van der Waals surface area contributed by atoms with Crippen LogP contribution in [0.4, 0.5) is 5.69 Å². The lowest BCUT2D eigenvalue weighted by molar-refractivity contribution is -0.159. The van der Waals surface area contributed by atoms with Gasteiger partial charge in [0.05, 0.1) is 22.5 Å². The smallest absolute Gasteiger partial charge is 0.329 e. The van der Waals surface area contributed by atoms with Gasteiger partial charge in [-0.15, -0.1) is 0 Å². The van der Waals surface area contributed by atoms with Crippen LogP contribution in [-0.4, -0.2) is 41.2 Å². The van der Waals surface area contributed by atoms with Gasteiger partial charge in [-0.3, -0.25) is 19.3 Å². The Labute approximate surface area is 161 Å². The van der Waals surface area contributed by atoms with Gasteiger partial charge < -0.3 is 10.1 Å². The fourth-order valence-corrected chi connectivity index (χ4v) is 3.50. The van der Waals surface area contributed by atoms with E-state index >= 15 is 0 Å². The summed E-state index contributed by atoms with van der Waals surface area (Å²) in [4.78, 5) is 50.1. The molecular weight excluding hydrogens is 372 g/mol. The summed E-state index contributed by atoms with van der Waals surface area (Å²) in [7, 11) is 0. The highest BCUT2D eigenvalue weighted by Gasteiger charge is 2.50. The molecular formula is C19H19ClN2O5. The first-order valence-corrected chi connectivity index (χ1v) is 9.01. The maximum absolute atomic E-state index is 12.5. The summed E-state index contributed by atoms with van der Waals surface area (Å²) in [6, 6.07) is 5.57. The van der Waals surface area contributed by atoms with Crippen molar-refractivity contribution in [3.63, 3.8) is 0 Å². The van der Waals surface area contributed by atoms with E-state index in [0.29, 0.717) is 23.6 Å². The number of allylic oxidation sites excluding steroid dienone is 2. The van der Waals surface area contributed by atoms with E-state index in [1.807, 2.05) is 12.2 Å². The normalized spacial score (nSPS) is 22.4. The molecule has 1 fully saturated rings. The van der Waals surface area contributed by atoms with Gasteiger partial charge >= 0.3 is 5.97 Å². The number of carbonyl (C=O) groups excluding carboxylic acids is 4. The van der Waals surface area contributed by atoms with Crippen molar-refractivity contribution in [2.75, 3.05) is 11.9 Å². The minimum Gasteiger partial charge on any atom is -0.454 e. The van der Waals surface area contributed by atoms with Crippen LogP contribution in [0.15, 0.2) is 36.4 Å². The second kappa shape index (κ2) is 7.92. The highest BCUT2D eigenvalue weighted by molar-refractivity contribution is 6.33. The molecule has 7 nitrogen and oxygen atoms in total. The molecule has 1 heterocycles. The van der Waals surface area contributed by atoms with Crippen LogP contribution in [0.25, 0.3) is 0 Å². The van der Waals surface area contributed by atoms with Gasteiger partial charge in [0, 0.05) is 0 Å². The number of fused-ring (bicyclic) bond motifs is 1. The Morgan fingerprint density at radius 1 is 1.19 bits per heavy atom. The molecule has 0 radical (unpaired) electrons. The monoisotopic (exact) mass is 390 g/mol. The van der Waals surface area contributed by atoms with Gasteiger partial charge in [0.1, 0.15) is 6.04 Å². The molecule has 142 valence electrons. The summed E-state index contributed by atoms with van der Waals surface area (Å²) in [5.41, 5.74) is 0.398. The molecule has 3 atom stereocenters. The fraction of sp³-hybridized carbons (Fsp3) is 0.368. The molecule has 0 spiro atoms. The largest absolute Gasteiger partial charge is 0.454 e. The maximum atomic E-state index is 12.5. The Balaban J connectivity index is 1.56. The number of carbonyl (C=O) groups is 4. The molecule has 27 heavy (non-hydrogen) atoms. The number of ether oxygens (including phenoxy) is 1. The predicted molar refractivity (Wildman–Crippen MR) is 97.7 cm³/mol. The first-order valence-electron chi connectivity index (χ1n) is 8.63. The molecule has 1 aliphatic heterocycles. The van der Waals surface area contributed by atoms with E-state index in [2.05, 4.69) is 5.32 Å². The third-order valence-electron chi connectivity index (χ3n) is 4.76. The van der Waals surface area contributed by atoms with Crippen molar-refractivity contribution >= 4 is 41.0 Å². The number of anilines is 1. The quantitative estimate of drug-likeness (QED) is 0.472. The van der Waals surface area contributed by atoms with Crippen LogP contribution in [0.3, 0.4) is 0 Å². The minimum atomic E-state index is -1.08. The van der Waals surface area contributed by atoms with E-state index in [1.165, 1.54) is 6.92 Å². The van der Waals surface area contributed by atoms with Crippen LogP contribution >= 0.6 is 11.6 Å². The number of hydrogen-bond acceptors (Lipinski definition) is 5. The Bertz CT molecular complexity index is 796. The van der Waals surface area contributed by atoms with Gasteiger partial charge in [-0.05, 0) is 31.9 Å². The summed E-state index contributed by atoms with van der Waals surface area (Å²) in [6.45, 7) is 0.883. The van der Waals surface area contributed by atoms with Crippen LogP contribution in [0.1, 0.15) is 19.8 Å². The summed E-state index contributed by atoms with van der Waals surface area (Å²) in [6.07, 6.45) is 4.73. The van der Waals surface area contributed by atoms with E-state index < -0.39 is 36.4 Å². The number of para-hydroxylation sites is 1. The number of benzene rings is 1. The molecule has 0 saturated carbocycles. The first kappa shape index (κ1) is 19.1. The average Bonchev–Trinajstić information content (AvgIpc) is 2.92. The summed E-state index contributed by atoms with van der Waals surface area (Å²) < 4.78 is 4.98. The molecule has 8 heteroatoms. The number of nitrogens with one attached hydrogen (secondary N) is 1. The lowest BCUT2D eigenvalue weighted by Crippen LogP contribution is -2.45. The van der Waals surface area contributed by atoms with Gasteiger partial charge in [-0.25, -0.2) is 4.79 Å². The minimum absolute atomic E-state index is 0.356. The van der Waals surface area contributed by atoms with E-state index in [9.17, 15) is 19.2 Å². The lowest BCUT2D eigenvalue weighted by Gasteiger charge is -2.21. The third kappa shape index (κ3) is 3.88. The highest BCUT2D eigenvalue weighted by Crippen LogP contribution is 2.36. The van der Waals surface area contributed by atoms with E-state index in [1.54, 1.807) is 24.3 Å². The third-order valence-corrected chi connectivity index (χ3v) is 5.09. The first-order chi connectivity index (χ1) is 12.9. The van der Waals surface area contributed by atoms with Crippen molar-refractivity contribution in [1.82, 2.24) is 4.90 Å². The molecule has 1 N–H and O–H groups in total. The number of hydrogen-bond donors (Lipinski definition) is 1. The number of likely N-dealkylation sites (tertiary alicyclic amines) is 1. The topological polar surface area (TPSA) is 92.8 Å². The van der Waals surface area contributed by atoms with Crippen molar-refractivity contribution in [2.45, 2.75) is 25.8 Å². The number of nitrogens with zero attached hydrogens (tertiary/aromatic N) is 1. The zero-order valence-electron chi connectivity index (χ0n) is 14.7. The van der Waals surface area contributed by atoms with Gasteiger partial charge in [0.15, 0.2) is 6.61 Å². The van der Waals surface area contributed by atoms with Crippen molar-refractivity contribution in [3.05, 3.63) is 41.4 Å². The molecule has 2 aliphatic rings. The van der Waals surface area contributed by atoms with Crippen molar-refractivity contribution in [1.29, 1.82) is 0 Å². The van der Waals surface area contributed by atoms with Crippen LogP contribution in [0.2, 0.25) is 5.02 Å².